The summed E-state index contributed by atoms with van der Waals surface area (Å²) in [5.74, 6) is 0.755. The molecule has 0 aliphatic carbocycles. The molecule has 0 aromatic carbocycles. The van der Waals surface area contributed by atoms with Crippen molar-refractivity contribution in [3.8, 4) is 0 Å². The lowest BCUT2D eigenvalue weighted by atomic mass is 10.1. The molecule has 0 saturated carbocycles. The first-order valence-electron chi connectivity index (χ1n) is 5.93. The van der Waals surface area contributed by atoms with Gasteiger partial charge in [-0.25, -0.2) is 0 Å². The smallest absolute Gasteiger partial charge is 0.234 e. The first-order valence-corrected chi connectivity index (χ1v) is 5.93. The van der Waals surface area contributed by atoms with E-state index >= 15 is 0 Å². The van der Waals surface area contributed by atoms with E-state index in [0.717, 1.165) is 31.7 Å². The number of aliphatic hydroxyl groups is 1. The molecular formula is C12H18N2O3. The van der Waals surface area contributed by atoms with Crippen LogP contribution < -0.4 is 5.32 Å². The minimum absolute atomic E-state index is 0.00205. The number of carbonyl (C=O) groups excluding carboxylic acids is 1. The van der Waals surface area contributed by atoms with E-state index in [1.54, 1.807) is 12.3 Å². The van der Waals surface area contributed by atoms with Crippen LogP contribution in [0, 0.1) is 0 Å². The summed E-state index contributed by atoms with van der Waals surface area (Å²) in [5.41, 5.74) is 0. The van der Waals surface area contributed by atoms with Gasteiger partial charge in [-0.1, -0.05) is 0 Å². The molecule has 1 aromatic heterocycles. The highest BCUT2D eigenvalue weighted by Crippen LogP contribution is 2.09. The number of furan rings is 1. The van der Waals surface area contributed by atoms with E-state index in [2.05, 4.69) is 10.2 Å². The molecular weight excluding hydrogens is 220 g/mol. The van der Waals surface area contributed by atoms with Gasteiger partial charge in [0.15, 0.2) is 0 Å². The molecule has 0 spiro atoms. The minimum Gasteiger partial charge on any atom is -0.467 e. The Kier molecular flexibility index (Phi) is 4.17. The van der Waals surface area contributed by atoms with Crippen molar-refractivity contribution in [1.29, 1.82) is 0 Å². The summed E-state index contributed by atoms with van der Waals surface area (Å²) < 4.78 is 5.13. The molecule has 1 aliphatic heterocycles. The molecule has 1 aromatic rings. The highest BCUT2D eigenvalue weighted by atomic mass is 16.3. The van der Waals surface area contributed by atoms with E-state index in [1.807, 2.05) is 6.07 Å². The van der Waals surface area contributed by atoms with Crippen LogP contribution in [0.3, 0.4) is 0 Å². The zero-order chi connectivity index (χ0) is 12.1. The molecule has 94 valence electrons. The largest absolute Gasteiger partial charge is 0.467 e. The van der Waals surface area contributed by atoms with Crippen molar-refractivity contribution in [3.05, 3.63) is 24.2 Å². The van der Waals surface area contributed by atoms with Crippen molar-refractivity contribution in [3.63, 3.8) is 0 Å². The van der Waals surface area contributed by atoms with Crippen LogP contribution in [0.25, 0.3) is 0 Å². The third-order valence-electron chi connectivity index (χ3n) is 2.96. The van der Waals surface area contributed by atoms with Crippen molar-refractivity contribution >= 4 is 5.91 Å². The molecule has 2 N–H and O–H groups in total. The summed E-state index contributed by atoms with van der Waals surface area (Å²) in [4.78, 5) is 13.7. The van der Waals surface area contributed by atoms with Crippen LogP contribution in [0.5, 0.6) is 0 Å². The minimum atomic E-state index is -0.197. The first-order chi connectivity index (χ1) is 8.24. The average Bonchev–Trinajstić information content (AvgIpc) is 2.83. The van der Waals surface area contributed by atoms with Crippen LogP contribution in [0.2, 0.25) is 0 Å². The molecule has 0 unspecified atom stereocenters. The summed E-state index contributed by atoms with van der Waals surface area (Å²) in [5, 5.41) is 12.2. The fourth-order valence-corrected chi connectivity index (χ4v) is 1.94. The zero-order valence-corrected chi connectivity index (χ0v) is 9.76. The Labute approximate surface area is 100 Å². The maximum Gasteiger partial charge on any atom is 0.234 e. The molecule has 17 heavy (non-hydrogen) atoms. The summed E-state index contributed by atoms with van der Waals surface area (Å²) in [7, 11) is 0. The normalized spacial score (nSPS) is 18.2. The number of hydrogen-bond acceptors (Lipinski definition) is 4. The number of aliphatic hydroxyl groups excluding tert-OH is 1. The Hall–Kier alpha value is -1.33. The molecule has 5 nitrogen and oxygen atoms in total. The quantitative estimate of drug-likeness (QED) is 0.794. The van der Waals surface area contributed by atoms with E-state index in [9.17, 15) is 9.90 Å². The molecule has 0 bridgehead atoms. The third-order valence-corrected chi connectivity index (χ3v) is 2.96. The van der Waals surface area contributed by atoms with Gasteiger partial charge >= 0.3 is 0 Å². The second-order valence-electron chi connectivity index (χ2n) is 4.36. The highest BCUT2D eigenvalue weighted by molar-refractivity contribution is 5.77. The first kappa shape index (κ1) is 12.1. The van der Waals surface area contributed by atoms with Gasteiger partial charge in [0.05, 0.1) is 25.5 Å². The molecule has 0 atom stereocenters. The number of likely N-dealkylation sites (tertiary alicyclic amines) is 1. The van der Waals surface area contributed by atoms with Gasteiger partial charge < -0.3 is 14.8 Å². The van der Waals surface area contributed by atoms with Crippen molar-refractivity contribution in [1.82, 2.24) is 10.2 Å². The number of amides is 1. The Morgan fingerprint density at radius 1 is 1.53 bits per heavy atom. The predicted molar refractivity (Wildman–Crippen MR) is 62.2 cm³/mol. The lowest BCUT2D eigenvalue weighted by Crippen LogP contribution is -2.42. The van der Waals surface area contributed by atoms with Gasteiger partial charge in [0, 0.05) is 13.1 Å². The lowest BCUT2D eigenvalue weighted by molar-refractivity contribution is -0.123. The fraction of sp³-hybridized carbons (Fsp3) is 0.583. The Morgan fingerprint density at radius 3 is 2.94 bits per heavy atom. The Bertz CT molecular complexity index is 343. The van der Waals surface area contributed by atoms with E-state index in [1.165, 1.54) is 0 Å². The zero-order valence-electron chi connectivity index (χ0n) is 9.76. The molecule has 1 fully saturated rings. The van der Waals surface area contributed by atoms with Gasteiger partial charge in [-0.05, 0) is 25.0 Å². The molecule has 1 aliphatic rings. The van der Waals surface area contributed by atoms with Gasteiger partial charge in [0.1, 0.15) is 5.76 Å². The molecule has 0 radical (unpaired) electrons. The van der Waals surface area contributed by atoms with Crippen LogP contribution in [-0.2, 0) is 11.3 Å². The second-order valence-corrected chi connectivity index (χ2v) is 4.36. The van der Waals surface area contributed by atoms with Crippen molar-refractivity contribution in [2.24, 2.45) is 0 Å². The average molecular weight is 238 g/mol. The number of nitrogens with one attached hydrogen (secondary N) is 1. The van der Waals surface area contributed by atoms with Crippen molar-refractivity contribution in [2.45, 2.75) is 25.5 Å². The molecule has 1 saturated heterocycles. The molecule has 2 rings (SSSR count). The van der Waals surface area contributed by atoms with Crippen LogP contribution in [0.4, 0.5) is 0 Å². The number of carbonyl (C=O) groups is 1. The van der Waals surface area contributed by atoms with E-state index in [-0.39, 0.29) is 12.0 Å². The number of piperidine rings is 1. The topological polar surface area (TPSA) is 65.7 Å². The maximum absolute atomic E-state index is 11.6. The van der Waals surface area contributed by atoms with Crippen LogP contribution in [-0.4, -0.2) is 41.7 Å². The summed E-state index contributed by atoms with van der Waals surface area (Å²) >= 11 is 0. The Balaban J connectivity index is 1.67. The number of hydrogen-bond donors (Lipinski definition) is 2. The lowest BCUT2D eigenvalue weighted by Gasteiger charge is -2.28. The number of nitrogens with zero attached hydrogens (tertiary/aromatic N) is 1. The summed E-state index contributed by atoms with van der Waals surface area (Å²) in [6.45, 7) is 2.40. The van der Waals surface area contributed by atoms with E-state index in [4.69, 9.17) is 4.42 Å². The van der Waals surface area contributed by atoms with Crippen LogP contribution in [0.1, 0.15) is 18.6 Å². The second kappa shape index (κ2) is 5.84. The van der Waals surface area contributed by atoms with Gasteiger partial charge in [-0.3, -0.25) is 9.69 Å². The molecule has 1 amide bonds. The highest BCUT2D eigenvalue weighted by Gasteiger charge is 2.18. The van der Waals surface area contributed by atoms with Gasteiger partial charge in [0.2, 0.25) is 5.91 Å². The fourth-order valence-electron chi connectivity index (χ4n) is 1.94. The summed E-state index contributed by atoms with van der Waals surface area (Å²) in [6, 6.07) is 3.63. The van der Waals surface area contributed by atoms with Crippen molar-refractivity contribution < 1.29 is 14.3 Å². The number of rotatable bonds is 4. The van der Waals surface area contributed by atoms with Gasteiger partial charge in [-0.15, -0.1) is 0 Å². The predicted octanol–water partition coefficient (Wildman–Crippen LogP) is 0.352. The Morgan fingerprint density at radius 2 is 2.29 bits per heavy atom. The molecule has 2 heterocycles. The van der Waals surface area contributed by atoms with Crippen LogP contribution in [0.15, 0.2) is 22.8 Å². The van der Waals surface area contributed by atoms with Crippen molar-refractivity contribution in [2.75, 3.05) is 19.6 Å². The molecule has 5 heteroatoms. The van der Waals surface area contributed by atoms with E-state index < -0.39 is 0 Å². The monoisotopic (exact) mass is 238 g/mol. The third kappa shape index (κ3) is 3.87. The standard InChI is InChI=1S/C12H18N2O3/c15-10-3-5-14(6-4-10)9-12(16)13-8-11-2-1-7-17-11/h1-2,7,10,15H,3-6,8-9H2,(H,13,16). The van der Waals surface area contributed by atoms with E-state index in [0.29, 0.717) is 13.1 Å². The van der Waals surface area contributed by atoms with Gasteiger partial charge in [0.25, 0.3) is 0 Å². The van der Waals surface area contributed by atoms with Crippen LogP contribution >= 0.6 is 0 Å². The van der Waals surface area contributed by atoms with Gasteiger partial charge in [-0.2, -0.15) is 0 Å². The SMILES string of the molecule is O=C(CN1CCC(O)CC1)NCc1ccco1. The maximum atomic E-state index is 11.6. The summed E-state index contributed by atoms with van der Waals surface area (Å²) in [6.07, 6.45) is 2.90.